The van der Waals surface area contributed by atoms with E-state index in [1.165, 1.54) is 28.4 Å². The molecule has 0 saturated carbocycles. The molecule has 0 atom stereocenters. The van der Waals surface area contributed by atoms with E-state index in [9.17, 15) is 19.5 Å². The molecule has 1 aliphatic heterocycles. The standard InChI is InChI=1S/C33H34O11/c1-38-23-11-8-21(9-12-23)31(35)24(30(33(36)37)22-10-13-25-26(18-22)44-19-43-25)15-20-16-27(39-2)32(41-4)28(17-20)42-14-6-5-7-29(34)40-3/h8-13,16-18H,5-7,14-15,19H2,1-4H3,(H,36,37)/b30-24-. The van der Waals surface area contributed by atoms with Crippen LogP contribution in [0.2, 0.25) is 0 Å². The zero-order valence-corrected chi connectivity index (χ0v) is 25.0. The van der Waals surface area contributed by atoms with E-state index in [0.29, 0.717) is 52.9 Å². The fourth-order valence-corrected chi connectivity index (χ4v) is 4.73. The number of hydrogen-bond donors (Lipinski definition) is 1. The summed E-state index contributed by atoms with van der Waals surface area (Å²) >= 11 is 0. The van der Waals surface area contributed by atoms with Crippen molar-refractivity contribution < 1.29 is 52.6 Å². The molecule has 0 aliphatic carbocycles. The fourth-order valence-electron chi connectivity index (χ4n) is 4.73. The maximum Gasteiger partial charge on any atom is 0.336 e. The number of benzene rings is 3. The number of carboxylic acids is 1. The van der Waals surface area contributed by atoms with Crippen LogP contribution in [-0.4, -0.2) is 64.7 Å². The molecule has 11 heteroatoms. The van der Waals surface area contributed by atoms with Gasteiger partial charge in [-0.1, -0.05) is 6.07 Å². The van der Waals surface area contributed by atoms with Crippen LogP contribution in [-0.2, 0) is 20.7 Å². The highest BCUT2D eigenvalue weighted by Gasteiger charge is 2.27. The highest BCUT2D eigenvalue weighted by Crippen LogP contribution is 2.41. The number of ether oxygens (including phenoxy) is 7. The number of esters is 1. The number of aliphatic carboxylic acids is 1. The summed E-state index contributed by atoms with van der Waals surface area (Å²) in [6.07, 6.45) is 1.31. The van der Waals surface area contributed by atoms with Crippen LogP contribution in [0, 0.1) is 0 Å². The minimum Gasteiger partial charge on any atom is -0.497 e. The lowest BCUT2D eigenvalue weighted by atomic mass is 9.89. The van der Waals surface area contributed by atoms with Gasteiger partial charge in [-0.2, -0.15) is 0 Å². The molecule has 11 nitrogen and oxygen atoms in total. The van der Waals surface area contributed by atoms with Gasteiger partial charge in [-0.3, -0.25) is 9.59 Å². The molecule has 1 aliphatic rings. The average Bonchev–Trinajstić information content (AvgIpc) is 3.51. The first-order chi connectivity index (χ1) is 21.3. The monoisotopic (exact) mass is 606 g/mol. The van der Waals surface area contributed by atoms with Crippen LogP contribution in [0.5, 0.6) is 34.5 Å². The smallest absolute Gasteiger partial charge is 0.336 e. The van der Waals surface area contributed by atoms with Gasteiger partial charge in [0.15, 0.2) is 28.8 Å². The van der Waals surface area contributed by atoms with Crippen molar-refractivity contribution in [1.29, 1.82) is 0 Å². The number of Topliss-reactive ketones (excluding diaryl/α,β-unsaturated/α-hetero) is 1. The van der Waals surface area contributed by atoms with Gasteiger partial charge < -0.3 is 38.3 Å². The molecule has 44 heavy (non-hydrogen) atoms. The van der Waals surface area contributed by atoms with Gasteiger partial charge in [-0.15, -0.1) is 0 Å². The Morgan fingerprint density at radius 2 is 1.50 bits per heavy atom. The molecule has 3 aromatic carbocycles. The molecule has 0 bridgehead atoms. The molecule has 0 spiro atoms. The van der Waals surface area contributed by atoms with E-state index in [2.05, 4.69) is 4.74 Å². The minimum absolute atomic E-state index is 0.0135. The molecule has 1 heterocycles. The van der Waals surface area contributed by atoms with Crippen LogP contribution >= 0.6 is 0 Å². The summed E-state index contributed by atoms with van der Waals surface area (Å²) in [5, 5.41) is 10.5. The van der Waals surface area contributed by atoms with Crippen molar-refractivity contribution in [3.05, 3.63) is 76.9 Å². The number of allylic oxidation sites excluding steroid dienone is 1. The van der Waals surface area contributed by atoms with Gasteiger partial charge in [-0.05, 0) is 72.5 Å². The number of fused-ring (bicyclic) bond motifs is 1. The van der Waals surface area contributed by atoms with E-state index in [1.54, 1.807) is 54.6 Å². The second-order valence-corrected chi connectivity index (χ2v) is 9.67. The zero-order valence-electron chi connectivity index (χ0n) is 25.0. The third-order valence-corrected chi connectivity index (χ3v) is 6.95. The highest BCUT2D eigenvalue weighted by molar-refractivity contribution is 6.26. The van der Waals surface area contributed by atoms with E-state index < -0.39 is 11.8 Å². The molecule has 0 amide bonds. The molecular weight excluding hydrogens is 572 g/mol. The first-order valence-electron chi connectivity index (χ1n) is 13.8. The Balaban J connectivity index is 1.77. The third-order valence-electron chi connectivity index (χ3n) is 6.95. The van der Waals surface area contributed by atoms with Crippen LogP contribution < -0.4 is 28.4 Å². The number of methoxy groups -OCH3 is 4. The third kappa shape index (κ3) is 7.41. The quantitative estimate of drug-likeness (QED) is 0.107. The van der Waals surface area contributed by atoms with Crippen molar-refractivity contribution in [3.8, 4) is 34.5 Å². The molecule has 3 aromatic rings. The lowest BCUT2D eigenvalue weighted by Gasteiger charge is -2.18. The Labute approximate surface area is 254 Å². The van der Waals surface area contributed by atoms with Crippen LogP contribution in [0.3, 0.4) is 0 Å². The number of ketones is 1. The van der Waals surface area contributed by atoms with Gasteiger partial charge >= 0.3 is 11.9 Å². The second-order valence-electron chi connectivity index (χ2n) is 9.67. The normalized spacial score (nSPS) is 12.2. The number of carboxylic acid groups (broad SMARTS) is 1. The summed E-state index contributed by atoms with van der Waals surface area (Å²) in [6.45, 7) is 0.282. The molecule has 232 valence electrons. The summed E-state index contributed by atoms with van der Waals surface area (Å²) in [7, 11) is 5.80. The molecule has 0 unspecified atom stereocenters. The fraction of sp³-hybridized carbons (Fsp3) is 0.303. The molecular formula is C33H34O11. The van der Waals surface area contributed by atoms with Gasteiger partial charge in [-0.25, -0.2) is 4.79 Å². The molecule has 4 rings (SSSR count). The van der Waals surface area contributed by atoms with E-state index in [4.69, 9.17) is 28.4 Å². The number of rotatable bonds is 15. The molecule has 0 fully saturated rings. The second kappa shape index (κ2) is 14.8. The predicted molar refractivity (Wildman–Crippen MR) is 159 cm³/mol. The Morgan fingerprint density at radius 3 is 2.16 bits per heavy atom. The van der Waals surface area contributed by atoms with Crippen molar-refractivity contribution in [2.24, 2.45) is 0 Å². The lowest BCUT2D eigenvalue weighted by Crippen LogP contribution is -2.14. The Bertz CT molecular complexity index is 1540. The zero-order chi connectivity index (χ0) is 31.6. The van der Waals surface area contributed by atoms with E-state index in [1.807, 2.05) is 0 Å². The summed E-state index contributed by atoms with van der Waals surface area (Å²) in [6, 6.07) is 14.5. The molecule has 0 aromatic heterocycles. The van der Waals surface area contributed by atoms with Gasteiger partial charge in [0.2, 0.25) is 12.5 Å². The number of carbonyl (C=O) groups is 3. The lowest BCUT2D eigenvalue weighted by molar-refractivity contribution is -0.140. The van der Waals surface area contributed by atoms with E-state index in [0.717, 1.165) is 0 Å². The molecule has 0 saturated heterocycles. The number of hydrogen-bond acceptors (Lipinski definition) is 10. The summed E-state index contributed by atoms with van der Waals surface area (Å²) in [5.74, 6) is 0.359. The van der Waals surface area contributed by atoms with E-state index >= 15 is 0 Å². The maximum atomic E-state index is 14.0. The van der Waals surface area contributed by atoms with Crippen molar-refractivity contribution in [2.75, 3.05) is 41.8 Å². The molecule has 1 N–H and O–H groups in total. The number of unbranched alkanes of at least 4 members (excludes halogenated alkanes) is 1. The summed E-state index contributed by atoms with van der Waals surface area (Å²) in [4.78, 5) is 38.3. The van der Waals surface area contributed by atoms with Crippen molar-refractivity contribution in [3.63, 3.8) is 0 Å². The van der Waals surface area contributed by atoms with E-state index in [-0.39, 0.29) is 54.5 Å². The van der Waals surface area contributed by atoms with Crippen LogP contribution in [0.1, 0.15) is 40.7 Å². The van der Waals surface area contributed by atoms with Crippen molar-refractivity contribution in [2.45, 2.75) is 25.7 Å². The van der Waals surface area contributed by atoms with Crippen LogP contribution in [0.25, 0.3) is 5.57 Å². The predicted octanol–water partition coefficient (Wildman–Crippen LogP) is 5.13. The van der Waals surface area contributed by atoms with Gasteiger partial charge in [0, 0.05) is 24.0 Å². The largest absolute Gasteiger partial charge is 0.497 e. The molecule has 0 radical (unpaired) electrons. The highest BCUT2D eigenvalue weighted by atomic mass is 16.7. The SMILES string of the molecule is COC(=O)CCCCOc1cc(C/C(C(=O)c2ccc(OC)cc2)=C(/C(=O)O)c2ccc3c(c2)OCO3)cc(OC)c1OC. The minimum atomic E-state index is -1.29. The van der Waals surface area contributed by atoms with Crippen molar-refractivity contribution >= 4 is 23.3 Å². The number of carbonyl (C=O) groups excluding carboxylic acids is 2. The topological polar surface area (TPSA) is 136 Å². The van der Waals surface area contributed by atoms with Crippen molar-refractivity contribution in [1.82, 2.24) is 0 Å². The van der Waals surface area contributed by atoms with Gasteiger partial charge in [0.05, 0.1) is 40.6 Å². The first-order valence-corrected chi connectivity index (χ1v) is 13.8. The first kappa shape index (κ1) is 31.7. The van der Waals surface area contributed by atoms with Crippen LogP contribution in [0.15, 0.2) is 60.2 Å². The maximum absolute atomic E-state index is 14.0. The van der Waals surface area contributed by atoms with Crippen LogP contribution in [0.4, 0.5) is 0 Å². The Hall–Kier alpha value is -5.19. The summed E-state index contributed by atoms with van der Waals surface area (Å²) < 4.78 is 37.9. The van der Waals surface area contributed by atoms with Gasteiger partial charge in [0.25, 0.3) is 0 Å². The summed E-state index contributed by atoms with van der Waals surface area (Å²) in [5.41, 5.74) is 0.939. The van der Waals surface area contributed by atoms with Gasteiger partial charge in [0.1, 0.15) is 5.75 Å². The average molecular weight is 607 g/mol. The Morgan fingerprint density at radius 1 is 0.795 bits per heavy atom. The Kier molecular flexibility index (Phi) is 10.7.